The Morgan fingerprint density at radius 3 is 1.83 bits per heavy atom. The van der Waals surface area contributed by atoms with Crippen molar-refractivity contribution in [3.05, 3.63) is 108 Å². The topological polar surface area (TPSA) is 231 Å². The monoisotopic (exact) mass is 654 g/mol. The molecule has 48 heavy (non-hydrogen) atoms. The molecule has 252 valence electrons. The summed E-state index contributed by atoms with van der Waals surface area (Å²) >= 11 is 0. The van der Waals surface area contributed by atoms with Crippen molar-refractivity contribution in [1.82, 2.24) is 20.9 Å². The van der Waals surface area contributed by atoms with Crippen LogP contribution in [0.2, 0.25) is 0 Å². The third-order valence-electron chi connectivity index (χ3n) is 7.85. The van der Waals surface area contributed by atoms with Crippen LogP contribution in [0.5, 0.6) is 0 Å². The van der Waals surface area contributed by atoms with Crippen molar-refractivity contribution in [3.63, 3.8) is 0 Å². The van der Waals surface area contributed by atoms with Gasteiger partial charge in [0.2, 0.25) is 17.7 Å². The molecule has 11 N–H and O–H groups in total. The van der Waals surface area contributed by atoms with Crippen LogP contribution in [-0.4, -0.2) is 70.5 Å². The minimum atomic E-state index is -1.24. The predicted octanol–water partition coefficient (Wildman–Crippen LogP) is 1.12. The summed E-state index contributed by atoms with van der Waals surface area (Å²) in [6.07, 6.45) is 2.69. The number of aliphatic carboxylic acids is 1. The Labute approximate surface area is 278 Å². The van der Waals surface area contributed by atoms with E-state index in [1.54, 1.807) is 54.7 Å². The minimum absolute atomic E-state index is 0.0498. The second-order valence-corrected chi connectivity index (χ2v) is 11.5. The molecule has 0 aliphatic heterocycles. The summed E-state index contributed by atoms with van der Waals surface area (Å²) in [6, 6.07) is 21.0. The number of benzene rings is 3. The van der Waals surface area contributed by atoms with E-state index in [0.29, 0.717) is 13.0 Å². The third kappa shape index (κ3) is 10.4. The van der Waals surface area contributed by atoms with Crippen LogP contribution in [0.1, 0.15) is 29.5 Å². The summed E-state index contributed by atoms with van der Waals surface area (Å²) in [5.74, 6) is -3.14. The lowest BCUT2D eigenvalue weighted by Crippen LogP contribution is -2.58. The molecule has 4 aromatic rings. The molecule has 0 saturated heterocycles. The highest BCUT2D eigenvalue weighted by molar-refractivity contribution is 5.95. The number of carboxylic acids is 1. The van der Waals surface area contributed by atoms with Crippen LogP contribution >= 0.6 is 0 Å². The second kappa shape index (κ2) is 17.3. The van der Waals surface area contributed by atoms with Gasteiger partial charge < -0.3 is 43.2 Å². The van der Waals surface area contributed by atoms with Gasteiger partial charge in [0.25, 0.3) is 0 Å². The maximum Gasteiger partial charge on any atom is 0.326 e. The number of nitrogens with two attached hydrogens (primary N) is 3. The summed E-state index contributed by atoms with van der Waals surface area (Å²) in [6.45, 7) is 0.292. The van der Waals surface area contributed by atoms with Crippen molar-refractivity contribution in [3.8, 4) is 0 Å². The lowest BCUT2D eigenvalue weighted by atomic mass is 10.0. The number of carbonyl (C=O) groups is 4. The lowest BCUT2D eigenvalue weighted by Gasteiger charge is -2.25. The van der Waals surface area contributed by atoms with E-state index in [4.69, 9.17) is 17.2 Å². The quantitative estimate of drug-likeness (QED) is 0.0466. The largest absolute Gasteiger partial charge is 0.480 e. The molecule has 0 saturated carbocycles. The molecule has 4 atom stereocenters. The van der Waals surface area contributed by atoms with Gasteiger partial charge in [0.1, 0.15) is 18.1 Å². The van der Waals surface area contributed by atoms with E-state index < -0.39 is 47.9 Å². The van der Waals surface area contributed by atoms with Gasteiger partial charge in [0.15, 0.2) is 5.96 Å². The van der Waals surface area contributed by atoms with E-state index >= 15 is 0 Å². The maximum atomic E-state index is 14.0. The molecule has 1 heterocycles. The van der Waals surface area contributed by atoms with Gasteiger partial charge in [-0.05, 0) is 35.6 Å². The fraction of sp³-hybridized carbons (Fsp3) is 0.286. The second-order valence-electron chi connectivity index (χ2n) is 11.5. The van der Waals surface area contributed by atoms with Crippen LogP contribution in [0.3, 0.4) is 0 Å². The summed E-state index contributed by atoms with van der Waals surface area (Å²) in [5.41, 5.74) is 20.0. The Hall–Kier alpha value is -5.69. The number of aromatic nitrogens is 1. The third-order valence-corrected chi connectivity index (χ3v) is 7.85. The van der Waals surface area contributed by atoms with Crippen LogP contribution in [0.15, 0.2) is 96.1 Å². The summed E-state index contributed by atoms with van der Waals surface area (Å²) in [4.78, 5) is 60.2. The van der Waals surface area contributed by atoms with Gasteiger partial charge in [0, 0.05) is 42.9 Å². The smallest absolute Gasteiger partial charge is 0.326 e. The van der Waals surface area contributed by atoms with Gasteiger partial charge in [-0.15, -0.1) is 0 Å². The zero-order chi connectivity index (χ0) is 34.5. The summed E-state index contributed by atoms with van der Waals surface area (Å²) in [5, 5.41) is 19.0. The number of hydrogen-bond acceptors (Lipinski definition) is 6. The molecular weight excluding hydrogens is 612 g/mol. The molecule has 0 spiro atoms. The van der Waals surface area contributed by atoms with Crippen LogP contribution in [0.4, 0.5) is 0 Å². The van der Waals surface area contributed by atoms with Gasteiger partial charge in [0.05, 0.1) is 6.04 Å². The number of nitrogens with zero attached hydrogens (tertiary/aromatic N) is 1. The van der Waals surface area contributed by atoms with E-state index in [9.17, 15) is 24.3 Å². The zero-order valence-corrected chi connectivity index (χ0v) is 26.5. The molecule has 13 heteroatoms. The number of guanidine groups is 1. The first-order valence-corrected chi connectivity index (χ1v) is 15.7. The number of fused-ring (bicyclic) bond motifs is 1. The molecule has 0 fully saturated rings. The number of para-hydroxylation sites is 1. The molecule has 0 aliphatic rings. The standard InChI is InChI=1S/C35H42N8O5/c36-26(15-9-17-39-35(37)38)31(44)41-29(20-24-21-40-27-16-8-7-14-25(24)27)33(46)42-28(18-22-10-3-1-4-11-22)32(45)43-30(34(47)48)19-23-12-5-2-6-13-23/h1-8,10-14,16,21,26,28-30,40H,9,15,17-20,36H2,(H,41,44)(H,42,46)(H,43,45)(H,47,48)(H4,37,38,39). The number of amides is 3. The molecule has 4 unspecified atom stereocenters. The fourth-order valence-electron chi connectivity index (χ4n) is 5.31. The van der Waals surface area contributed by atoms with Crippen molar-refractivity contribution in [2.24, 2.45) is 22.2 Å². The first-order valence-electron chi connectivity index (χ1n) is 15.7. The van der Waals surface area contributed by atoms with E-state index in [2.05, 4.69) is 25.9 Å². The number of nitrogens with one attached hydrogen (secondary N) is 4. The van der Waals surface area contributed by atoms with Crippen LogP contribution in [0.25, 0.3) is 10.9 Å². The number of rotatable bonds is 17. The van der Waals surface area contributed by atoms with Crippen molar-refractivity contribution in [2.75, 3.05) is 6.54 Å². The summed E-state index contributed by atoms with van der Waals surface area (Å²) < 4.78 is 0. The molecule has 0 aliphatic carbocycles. The average molecular weight is 655 g/mol. The van der Waals surface area contributed by atoms with Crippen LogP contribution in [0, 0.1) is 0 Å². The summed E-state index contributed by atoms with van der Waals surface area (Å²) in [7, 11) is 0. The normalized spacial score (nSPS) is 13.4. The molecule has 3 amide bonds. The first-order chi connectivity index (χ1) is 23.1. The highest BCUT2D eigenvalue weighted by Gasteiger charge is 2.31. The first kappa shape index (κ1) is 35.2. The average Bonchev–Trinajstić information content (AvgIpc) is 3.49. The molecule has 4 rings (SSSR count). The number of aromatic amines is 1. The van der Waals surface area contributed by atoms with E-state index in [1.165, 1.54) is 0 Å². The fourth-order valence-corrected chi connectivity index (χ4v) is 5.31. The minimum Gasteiger partial charge on any atom is -0.480 e. The Balaban J connectivity index is 1.56. The van der Waals surface area contributed by atoms with Gasteiger partial charge in [-0.3, -0.25) is 19.4 Å². The van der Waals surface area contributed by atoms with Gasteiger partial charge in [-0.2, -0.15) is 0 Å². The Morgan fingerprint density at radius 2 is 1.23 bits per heavy atom. The van der Waals surface area contributed by atoms with E-state index in [-0.39, 0.29) is 31.6 Å². The van der Waals surface area contributed by atoms with Gasteiger partial charge in [-0.25, -0.2) is 4.79 Å². The molecular formula is C35H42N8O5. The van der Waals surface area contributed by atoms with Crippen molar-refractivity contribution < 1.29 is 24.3 Å². The van der Waals surface area contributed by atoms with E-state index in [1.807, 2.05) is 36.4 Å². The Morgan fingerprint density at radius 1 is 0.708 bits per heavy atom. The molecule has 1 aromatic heterocycles. The van der Waals surface area contributed by atoms with Gasteiger partial charge >= 0.3 is 5.97 Å². The van der Waals surface area contributed by atoms with Crippen molar-refractivity contribution >= 4 is 40.6 Å². The number of carbonyl (C=O) groups excluding carboxylic acids is 3. The number of hydrogen-bond donors (Lipinski definition) is 8. The number of carboxylic acid groups (broad SMARTS) is 1. The number of H-pyrrole nitrogens is 1. The highest BCUT2D eigenvalue weighted by atomic mass is 16.4. The van der Waals surface area contributed by atoms with Crippen molar-refractivity contribution in [1.29, 1.82) is 0 Å². The molecule has 13 nitrogen and oxygen atoms in total. The Bertz CT molecular complexity index is 1710. The predicted molar refractivity (Wildman–Crippen MR) is 184 cm³/mol. The lowest BCUT2D eigenvalue weighted by molar-refractivity contribution is -0.142. The molecule has 0 bridgehead atoms. The Kier molecular flexibility index (Phi) is 12.7. The highest BCUT2D eigenvalue weighted by Crippen LogP contribution is 2.19. The van der Waals surface area contributed by atoms with Crippen molar-refractivity contribution in [2.45, 2.75) is 56.3 Å². The number of aliphatic imine (C=N–C) groups is 1. The molecule has 0 radical (unpaired) electrons. The zero-order valence-electron chi connectivity index (χ0n) is 26.5. The van der Waals surface area contributed by atoms with Crippen LogP contribution < -0.4 is 33.2 Å². The van der Waals surface area contributed by atoms with Crippen LogP contribution in [-0.2, 0) is 38.4 Å². The molecule has 3 aromatic carbocycles. The van der Waals surface area contributed by atoms with Gasteiger partial charge in [-0.1, -0.05) is 78.9 Å². The maximum absolute atomic E-state index is 14.0. The van der Waals surface area contributed by atoms with E-state index in [0.717, 1.165) is 27.6 Å². The SMILES string of the molecule is NC(N)=NCCCC(N)C(=O)NC(Cc1c[nH]c2ccccc12)C(=O)NC(Cc1ccccc1)C(=O)NC(Cc1ccccc1)C(=O)O.